The molecule has 0 bridgehead atoms. The Morgan fingerprint density at radius 1 is 1.42 bits per heavy atom. The second-order valence-corrected chi connectivity index (χ2v) is 4.86. The van der Waals surface area contributed by atoms with E-state index < -0.39 is 5.97 Å². The molecule has 1 aliphatic carbocycles. The Hall–Kier alpha value is -1.75. The van der Waals surface area contributed by atoms with Gasteiger partial charge in [-0.05, 0) is 18.9 Å². The number of methoxy groups -OCH3 is 1. The first-order valence-electron chi connectivity index (χ1n) is 5.94. The van der Waals surface area contributed by atoms with Crippen LogP contribution in [0.25, 0.3) is 0 Å². The number of carboxylic acids is 1. The standard InChI is InChI=1S/C13H14ClNO4/c1-19-11-6-10(9(14)5-8(11)13(17)18)15-12(16)7-3-2-4-7/h5-7H,2-4H2,1H3,(H,15,16)(H,17,18). The molecule has 1 fully saturated rings. The highest BCUT2D eigenvalue weighted by Gasteiger charge is 2.26. The van der Waals surface area contributed by atoms with E-state index in [9.17, 15) is 9.59 Å². The van der Waals surface area contributed by atoms with E-state index in [0.717, 1.165) is 19.3 Å². The van der Waals surface area contributed by atoms with E-state index >= 15 is 0 Å². The molecule has 6 heteroatoms. The molecular weight excluding hydrogens is 270 g/mol. The van der Waals surface area contributed by atoms with Gasteiger partial charge in [-0.1, -0.05) is 18.0 Å². The van der Waals surface area contributed by atoms with E-state index in [-0.39, 0.29) is 28.2 Å². The summed E-state index contributed by atoms with van der Waals surface area (Å²) >= 11 is 5.98. The largest absolute Gasteiger partial charge is 0.496 e. The van der Waals surface area contributed by atoms with Crippen LogP contribution in [0.5, 0.6) is 5.75 Å². The third kappa shape index (κ3) is 2.81. The Kier molecular flexibility index (Phi) is 3.95. The highest BCUT2D eigenvalue weighted by Crippen LogP contribution is 2.33. The van der Waals surface area contributed by atoms with Crippen molar-refractivity contribution in [3.63, 3.8) is 0 Å². The van der Waals surface area contributed by atoms with Crippen molar-refractivity contribution in [3.05, 3.63) is 22.7 Å². The summed E-state index contributed by atoms with van der Waals surface area (Å²) in [6.45, 7) is 0. The third-order valence-corrected chi connectivity index (χ3v) is 3.57. The molecule has 1 aliphatic rings. The number of amides is 1. The molecular formula is C13H14ClNO4. The molecule has 1 aromatic rings. The normalized spacial score (nSPS) is 14.6. The number of ether oxygens (including phenoxy) is 1. The molecule has 0 heterocycles. The first-order chi connectivity index (χ1) is 9.02. The van der Waals surface area contributed by atoms with Crippen molar-refractivity contribution in [2.24, 2.45) is 5.92 Å². The zero-order chi connectivity index (χ0) is 14.0. The molecule has 1 aromatic carbocycles. The van der Waals surface area contributed by atoms with Crippen LogP contribution in [0, 0.1) is 5.92 Å². The van der Waals surface area contributed by atoms with E-state index in [1.54, 1.807) is 0 Å². The molecule has 0 radical (unpaired) electrons. The molecule has 2 N–H and O–H groups in total. The number of anilines is 1. The van der Waals surface area contributed by atoms with Crippen molar-refractivity contribution in [2.45, 2.75) is 19.3 Å². The summed E-state index contributed by atoms with van der Waals surface area (Å²) < 4.78 is 4.99. The van der Waals surface area contributed by atoms with E-state index in [2.05, 4.69) is 5.32 Å². The predicted molar refractivity (Wildman–Crippen MR) is 70.9 cm³/mol. The van der Waals surface area contributed by atoms with E-state index in [1.807, 2.05) is 0 Å². The highest BCUT2D eigenvalue weighted by molar-refractivity contribution is 6.34. The van der Waals surface area contributed by atoms with Gasteiger partial charge < -0.3 is 15.2 Å². The van der Waals surface area contributed by atoms with Crippen LogP contribution in [0.2, 0.25) is 5.02 Å². The molecule has 0 atom stereocenters. The smallest absolute Gasteiger partial charge is 0.339 e. The van der Waals surface area contributed by atoms with Crippen molar-refractivity contribution >= 4 is 29.2 Å². The molecule has 0 saturated heterocycles. The summed E-state index contributed by atoms with van der Waals surface area (Å²) in [6, 6.07) is 2.71. The molecule has 1 amide bonds. The first kappa shape index (κ1) is 13.7. The lowest BCUT2D eigenvalue weighted by atomic mass is 9.85. The Morgan fingerprint density at radius 2 is 2.11 bits per heavy atom. The van der Waals surface area contributed by atoms with E-state index in [1.165, 1.54) is 19.2 Å². The van der Waals surface area contributed by atoms with Crippen molar-refractivity contribution in [3.8, 4) is 5.75 Å². The molecule has 0 spiro atoms. The average molecular weight is 284 g/mol. The molecule has 0 aromatic heterocycles. The van der Waals surface area contributed by atoms with Gasteiger partial charge >= 0.3 is 5.97 Å². The topological polar surface area (TPSA) is 75.6 Å². The summed E-state index contributed by atoms with van der Waals surface area (Å²) in [7, 11) is 1.37. The van der Waals surface area contributed by atoms with Crippen LogP contribution < -0.4 is 10.1 Å². The zero-order valence-corrected chi connectivity index (χ0v) is 11.2. The van der Waals surface area contributed by atoms with Gasteiger partial charge in [-0.2, -0.15) is 0 Å². The van der Waals surface area contributed by atoms with Gasteiger partial charge in [-0.25, -0.2) is 4.79 Å². The molecule has 0 unspecified atom stereocenters. The minimum absolute atomic E-state index is 0.0289. The maximum absolute atomic E-state index is 11.8. The Bertz CT molecular complexity index is 526. The van der Waals surface area contributed by atoms with Gasteiger partial charge in [0.15, 0.2) is 0 Å². The summed E-state index contributed by atoms with van der Waals surface area (Å²) in [5.74, 6) is -1.02. The maximum atomic E-state index is 11.8. The minimum atomic E-state index is -1.13. The summed E-state index contributed by atoms with van der Waals surface area (Å²) in [5.41, 5.74) is 0.342. The molecule has 102 valence electrons. The molecule has 5 nitrogen and oxygen atoms in total. The minimum Gasteiger partial charge on any atom is -0.496 e. The van der Waals surface area contributed by atoms with Gasteiger partial charge in [0.25, 0.3) is 0 Å². The second kappa shape index (κ2) is 5.48. The van der Waals surface area contributed by atoms with Crippen molar-refractivity contribution in [1.82, 2.24) is 0 Å². The first-order valence-corrected chi connectivity index (χ1v) is 6.32. The SMILES string of the molecule is COc1cc(NC(=O)C2CCC2)c(Cl)cc1C(=O)O. The number of carboxylic acid groups (broad SMARTS) is 1. The Labute approximate surface area is 115 Å². The van der Waals surface area contributed by atoms with E-state index in [4.69, 9.17) is 21.4 Å². The lowest BCUT2D eigenvalue weighted by Gasteiger charge is -2.24. The van der Waals surface area contributed by atoms with Crippen molar-refractivity contribution in [2.75, 3.05) is 12.4 Å². The van der Waals surface area contributed by atoms with Crippen LogP contribution in [0.15, 0.2) is 12.1 Å². The Balaban J connectivity index is 2.25. The van der Waals surface area contributed by atoms with Gasteiger partial charge in [0.2, 0.25) is 5.91 Å². The fourth-order valence-electron chi connectivity index (χ4n) is 1.89. The van der Waals surface area contributed by atoms with Gasteiger partial charge in [0, 0.05) is 12.0 Å². The summed E-state index contributed by atoms with van der Waals surface area (Å²) in [4.78, 5) is 22.8. The number of halogens is 1. The van der Waals surface area contributed by atoms with Crippen LogP contribution in [0.3, 0.4) is 0 Å². The van der Waals surface area contributed by atoms with Crippen molar-refractivity contribution in [1.29, 1.82) is 0 Å². The summed E-state index contributed by atoms with van der Waals surface area (Å²) in [6.07, 6.45) is 2.83. The highest BCUT2D eigenvalue weighted by atomic mass is 35.5. The maximum Gasteiger partial charge on any atom is 0.339 e. The number of aromatic carboxylic acids is 1. The number of hydrogen-bond acceptors (Lipinski definition) is 3. The molecule has 2 rings (SSSR count). The number of hydrogen-bond donors (Lipinski definition) is 2. The number of carbonyl (C=O) groups is 2. The summed E-state index contributed by atoms with van der Waals surface area (Å²) in [5, 5.41) is 11.9. The molecule has 19 heavy (non-hydrogen) atoms. The fraction of sp³-hybridized carbons (Fsp3) is 0.385. The van der Waals surface area contributed by atoms with Crippen LogP contribution in [0.4, 0.5) is 5.69 Å². The fourth-order valence-corrected chi connectivity index (χ4v) is 2.10. The van der Waals surface area contributed by atoms with Gasteiger partial charge in [0.05, 0.1) is 17.8 Å². The number of carbonyl (C=O) groups excluding carboxylic acids is 1. The van der Waals surface area contributed by atoms with Gasteiger partial charge in [-0.3, -0.25) is 4.79 Å². The van der Waals surface area contributed by atoms with Gasteiger partial charge in [-0.15, -0.1) is 0 Å². The van der Waals surface area contributed by atoms with Crippen molar-refractivity contribution < 1.29 is 19.4 Å². The van der Waals surface area contributed by atoms with Crippen LogP contribution in [-0.2, 0) is 4.79 Å². The van der Waals surface area contributed by atoms with Crippen LogP contribution in [-0.4, -0.2) is 24.1 Å². The lowest BCUT2D eigenvalue weighted by molar-refractivity contribution is -0.122. The lowest BCUT2D eigenvalue weighted by Crippen LogP contribution is -2.28. The quantitative estimate of drug-likeness (QED) is 0.891. The average Bonchev–Trinajstić information content (AvgIpc) is 2.28. The Morgan fingerprint density at radius 3 is 2.58 bits per heavy atom. The second-order valence-electron chi connectivity index (χ2n) is 4.45. The predicted octanol–water partition coefficient (Wildman–Crippen LogP) is 2.79. The molecule has 1 saturated carbocycles. The monoisotopic (exact) mass is 283 g/mol. The number of benzene rings is 1. The third-order valence-electron chi connectivity index (χ3n) is 3.25. The van der Waals surface area contributed by atoms with Crippen LogP contribution >= 0.6 is 11.6 Å². The number of rotatable bonds is 4. The van der Waals surface area contributed by atoms with E-state index in [0.29, 0.717) is 5.69 Å². The molecule has 0 aliphatic heterocycles. The zero-order valence-electron chi connectivity index (χ0n) is 10.4. The van der Waals surface area contributed by atoms with Crippen LogP contribution in [0.1, 0.15) is 29.6 Å². The number of nitrogens with one attached hydrogen (secondary N) is 1. The van der Waals surface area contributed by atoms with Gasteiger partial charge in [0.1, 0.15) is 11.3 Å².